The third-order valence-electron chi connectivity index (χ3n) is 4.31. The number of carbonyl (C=O) groups excluding carboxylic acids is 1. The highest BCUT2D eigenvalue weighted by atomic mass is 32.2. The molecule has 0 aliphatic carbocycles. The monoisotopic (exact) mass is 333 g/mol. The minimum Gasteiger partial charge on any atom is -0.468 e. The Morgan fingerprint density at radius 2 is 2.26 bits per heavy atom. The van der Waals surface area contributed by atoms with Gasteiger partial charge in [0.2, 0.25) is 0 Å². The summed E-state index contributed by atoms with van der Waals surface area (Å²) in [6.45, 7) is 6.51. The van der Waals surface area contributed by atoms with Gasteiger partial charge in [0.1, 0.15) is 12.4 Å². The van der Waals surface area contributed by atoms with E-state index in [0.717, 1.165) is 40.5 Å². The van der Waals surface area contributed by atoms with Crippen LogP contribution in [0.15, 0.2) is 35.5 Å². The van der Waals surface area contributed by atoms with Crippen molar-refractivity contribution >= 4 is 17.7 Å². The van der Waals surface area contributed by atoms with E-state index in [-0.39, 0.29) is 11.9 Å². The lowest BCUT2D eigenvalue weighted by atomic mass is 9.78. The molecule has 0 aromatic heterocycles. The van der Waals surface area contributed by atoms with Crippen molar-refractivity contribution in [1.82, 2.24) is 5.32 Å². The van der Waals surface area contributed by atoms with Crippen molar-refractivity contribution < 1.29 is 14.3 Å². The molecule has 4 nitrogen and oxygen atoms in total. The molecule has 0 amide bonds. The van der Waals surface area contributed by atoms with Crippen LogP contribution >= 0.6 is 11.8 Å². The van der Waals surface area contributed by atoms with Gasteiger partial charge in [0.15, 0.2) is 5.72 Å². The standard InChI is InChI=1S/C18H23NO3S/c1-4-23-10-9-21-17(20)16-12(2)19-18(3)11-14(16)13-7-5-6-8-15(13)22-18/h5-8,14,19H,4,9-11H2,1-3H3/t14-,18-/m1/s1. The van der Waals surface area contributed by atoms with Crippen molar-refractivity contribution in [2.45, 2.75) is 38.8 Å². The lowest BCUT2D eigenvalue weighted by Crippen LogP contribution is -2.54. The summed E-state index contributed by atoms with van der Waals surface area (Å²) in [6, 6.07) is 7.95. The Balaban J connectivity index is 1.86. The van der Waals surface area contributed by atoms with Gasteiger partial charge in [0.25, 0.3) is 0 Å². The van der Waals surface area contributed by atoms with E-state index in [1.165, 1.54) is 0 Å². The Hall–Kier alpha value is -1.62. The fraction of sp³-hybridized carbons (Fsp3) is 0.500. The van der Waals surface area contributed by atoms with Crippen LogP contribution in [0.2, 0.25) is 0 Å². The van der Waals surface area contributed by atoms with Gasteiger partial charge in [-0.2, -0.15) is 11.8 Å². The van der Waals surface area contributed by atoms with E-state index in [0.29, 0.717) is 6.61 Å². The quantitative estimate of drug-likeness (QED) is 0.661. The van der Waals surface area contributed by atoms with Crippen LogP contribution < -0.4 is 10.1 Å². The van der Waals surface area contributed by atoms with Crippen molar-refractivity contribution in [1.29, 1.82) is 0 Å². The van der Waals surface area contributed by atoms with Crippen molar-refractivity contribution in [2.75, 3.05) is 18.1 Å². The summed E-state index contributed by atoms with van der Waals surface area (Å²) in [6.07, 6.45) is 0.732. The van der Waals surface area contributed by atoms with Crippen LogP contribution in [0.1, 0.15) is 38.7 Å². The number of thioether (sulfide) groups is 1. The number of nitrogens with one attached hydrogen (secondary N) is 1. The minimum atomic E-state index is -0.467. The lowest BCUT2D eigenvalue weighted by Gasteiger charge is -2.45. The van der Waals surface area contributed by atoms with Gasteiger partial charge in [-0.15, -0.1) is 0 Å². The first-order valence-corrected chi connectivity index (χ1v) is 9.21. The number of carbonyl (C=O) groups is 1. The number of para-hydroxylation sites is 1. The maximum Gasteiger partial charge on any atom is 0.336 e. The average Bonchev–Trinajstić information content (AvgIpc) is 2.50. The second kappa shape index (κ2) is 6.48. The number of fused-ring (bicyclic) bond motifs is 4. The number of allylic oxidation sites excluding steroid dienone is 1. The fourth-order valence-electron chi connectivity index (χ4n) is 3.42. The SMILES string of the molecule is CCSCCOC(=O)C1=C(C)N[C@@]2(C)C[C@@H]1c1ccccc1O2. The van der Waals surface area contributed by atoms with E-state index in [1.807, 2.05) is 38.1 Å². The maximum absolute atomic E-state index is 12.6. The molecule has 1 aromatic rings. The van der Waals surface area contributed by atoms with E-state index >= 15 is 0 Å². The van der Waals surface area contributed by atoms with Crippen molar-refractivity contribution in [3.05, 3.63) is 41.1 Å². The zero-order chi connectivity index (χ0) is 16.4. The Labute approximate surface area is 141 Å². The number of ether oxygens (including phenoxy) is 2. The van der Waals surface area contributed by atoms with Crippen LogP contribution in [0.5, 0.6) is 5.75 Å². The summed E-state index contributed by atoms with van der Waals surface area (Å²) in [4.78, 5) is 12.6. The molecule has 0 radical (unpaired) electrons. The number of esters is 1. The molecule has 0 saturated carbocycles. The topological polar surface area (TPSA) is 47.6 Å². The van der Waals surface area contributed by atoms with Gasteiger partial charge in [-0.1, -0.05) is 25.1 Å². The van der Waals surface area contributed by atoms with Crippen LogP contribution in [0.25, 0.3) is 0 Å². The predicted molar refractivity (Wildman–Crippen MR) is 92.6 cm³/mol. The summed E-state index contributed by atoms with van der Waals surface area (Å²) in [7, 11) is 0. The van der Waals surface area contributed by atoms with Crippen LogP contribution in [0.3, 0.4) is 0 Å². The van der Waals surface area contributed by atoms with Crippen molar-refractivity contribution in [3.8, 4) is 5.75 Å². The molecule has 2 heterocycles. The summed E-state index contributed by atoms with van der Waals surface area (Å²) in [5.74, 6) is 2.53. The zero-order valence-electron chi connectivity index (χ0n) is 13.8. The summed E-state index contributed by atoms with van der Waals surface area (Å²) < 4.78 is 11.6. The highest BCUT2D eigenvalue weighted by Crippen LogP contribution is 2.47. The molecule has 0 spiro atoms. The molecule has 2 aliphatic rings. The molecule has 124 valence electrons. The van der Waals surface area contributed by atoms with Gasteiger partial charge in [-0.25, -0.2) is 4.79 Å². The lowest BCUT2D eigenvalue weighted by molar-refractivity contribution is -0.139. The zero-order valence-corrected chi connectivity index (χ0v) is 14.7. The number of rotatable bonds is 5. The highest BCUT2D eigenvalue weighted by Gasteiger charge is 2.45. The van der Waals surface area contributed by atoms with E-state index in [2.05, 4.69) is 12.2 Å². The average molecular weight is 333 g/mol. The highest BCUT2D eigenvalue weighted by molar-refractivity contribution is 7.99. The molecule has 3 rings (SSSR count). The molecule has 2 atom stereocenters. The molecule has 23 heavy (non-hydrogen) atoms. The van der Waals surface area contributed by atoms with E-state index in [4.69, 9.17) is 9.47 Å². The first-order chi connectivity index (χ1) is 11.0. The number of hydrogen-bond donors (Lipinski definition) is 1. The molecule has 5 heteroatoms. The molecular formula is C18H23NO3S. The van der Waals surface area contributed by atoms with E-state index in [9.17, 15) is 4.79 Å². The normalized spacial score (nSPS) is 25.3. The third-order valence-corrected chi connectivity index (χ3v) is 5.18. The van der Waals surface area contributed by atoms with Gasteiger partial charge in [-0.05, 0) is 25.7 Å². The first-order valence-electron chi connectivity index (χ1n) is 8.06. The molecule has 0 saturated heterocycles. The fourth-order valence-corrected chi connectivity index (χ4v) is 3.91. The van der Waals surface area contributed by atoms with Crippen LogP contribution in [-0.2, 0) is 9.53 Å². The Morgan fingerprint density at radius 3 is 3.04 bits per heavy atom. The smallest absolute Gasteiger partial charge is 0.336 e. The van der Waals surface area contributed by atoms with Crippen LogP contribution in [0.4, 0.5) is 0 Å². The predicted octanol–water partition coefficient (Wildman–Crippen LogP) is 3.44. The Kier molecular flexibility index (Phi) is 4.57. The molecular weight excluding hydrogens is 310 g/mol. The third kappa shape index (κ3) is 3.20. The van der Waals surface area contributed by atoms with Gasteiger partial charge in [0, 0.05) is 29.4 Å². The van der Waals surface area contributed by atoms with Crippen molar-refractivity contribution in [3.63, 3.8) is 0 Å². The van der Waals surface area contributed by atoms with Gasteiger partial charge >= 0.3 is 5.97 Å². The van der Waals surface area contributed by atoms with Gasteiger partial charge in [-0.3, -0.25) is 0 Å². The summed E-state index contributed by atoms with van der Waals surface area (Å²) >= 11 is 1.77. The minimum absolute atomic E-state index is 0.0255. The molecule has 1 aromatic carbocycles. The Morgan fingerprint density at radius 1 is 1.48 bits per heavy atom. The molecule has 2 bridgehead atoms. The summed E-state index contributed by atoms with van der Waals surface area (Å²) in [5, 5.41) is 3.35. The second-order valence-electron chi connectivity index (χ2n) is 6.12. The molecule has 1 N–H and O–H groups in total. The summed E-state index contributed by atoms with van der Waals surface area (Å²) in [5.41, 5.74) is 2.19. The van der Waals surface area contributed by atoms with Crippen molar-refractivity contribution in [2.24, 2.45) is 0 Å². The van der Waals surface area contributed by atoms with Gasteiger partial charge < -0.3 is 14.8 Å². The maximum atomic E-state index is 12.6. The largest absolute Gasteiger partial charge is 0.468 e. The van der Waals surface area contributed by atoms with E-state index in [1.54, 1.807) is 11.8 Å². The molecule has 2 aliphatic heterocycles. The van der Waals surface area contributed by atoms with Gasteiger partial charge in [0.05, 0.1) is 5.57 Å². The number of benzene rings is 1. The van der Waals surface area contributed by atoms with Crippen LogP contribution in [-0.4, -0.2) is 29.8 Å². The second-order valence-corrected chi connectivity index (χ2v) is 7.52. The van der Waals surface area contributed by atoms with Crippen LogP contribution in [0, 0.1) is 0 Å². The van der Waals surface area contributed by atoms with E-state index < -0.39 is 5.72 Å². The Bertz CT molecular complexity index is 643. The first kappa shape index (κ1) is 16.2. The molecule has 0 fully saturated rings. The number of hydrogen-bond acceptors (Lipinski definition) is 5. The molecule has 0 unspecified atom stereocenters.